The first-order valence-corrected chi connectivity index (χ1v) is 11.7. The number of sulfonamides is 1. The van der Waals surface area contributed by atoms with Crippen LogP contribution in [0.4, 0.5) is 32.3 Å². The highest BCUT2D eigenvalue weighted by molar-refractivity contribution is 7.88. The summed E-state index contributed by atoms with van der Waals surface area (Å²) >= 11 is 0. The monoisotopic (exact) mass is 492 g/mol. The fourth-order valence-electron chi connectivity index (χ4n) is 3.59. The molecule has 2 heterocycles. The Labute approximate surface area is 182 Å². The molecule has 0 saturated carbocycles. The second-order valence-corrected chi connectivity index (χ2v) is 10.3. The number of anilines is 1. The van der Waals surface area contributed by atoms with Crippen LogP contribution in [0, 0.1) is 5.92 Å². The number of halogens is 6. The number of hydrogen-bond acceptors (Lipinski definition) is 6. The first kappa shape index (κ1) is 26.6. The molecule has 1 aromatic heterocycles. The molecule has 14 heteroatoms. The van der Waals surface area contributed by atoms with E-state index in [0.29, 0.717) is 31.8 Å². The van der Waals surface area contributed by atoms with Crippen LogP contribution in [-0.2, 0) is 15.6 Å². The zero-order chi connectivity index (χ0) is 24.5. The smallest absolute Gasteiger partial charge is 0.369 e. The molecule has 7 nitrogen and oxygen atoms in total. The molecule has 0 aromatic carbocycles. The van der Waals surface area contributed by atoms with E-state index in [1.165, 1.54) is 4.31 Å². The Bertz CT molecular complexity index is 860. The molecule has 1 N–H and O–H groups in total. The summed E-state index contributed by atoms with van der Waals surface area (Å²) in [6.07, 6.45) is -8.41. The van der Waals surface area contributed by atoms with E-state index < -0.39 is 39.6 Å². The van der Waals surface area contributed by atoms with E-state index in [0.717, 1.165) is 12.7 Å². The average molecular weight is 492 g/mol. The topological polar surface area (TPSA) is 86.6 Å². The maximum atomic E-state index is 13.1. The van der Waals surface area contributed by atoms with Crippen LogP contribution in [0.5, 0.6) is 0 Å². The Hall–Kier alpha value is -1.67. The van der Waals surface area contributed by atoms with Crippen LogP contribution >= 0.6 is 0 Å². The molecule has 32 heavy (non-hydrogen) atoms. The minimum Gasteiger partial charge on any atom is -0.369 e. The van der Waals surface area contributed by atoms with E-state index in [1.807, 2.05) is 13.8 Å². The molecular formula is C18H26F6N4O3S. The van der Waals surface area contributed by atoms with Crippen LogP contribution in [0.25, 0.3) is 0 Å². The summed E-state index contributed by atoms with van der Waals surface area (Å²) in [6.45, 7) is 4.39. The fourth-order valence-corrected chi connectivity index (χ4v) is 4.60. The minimum absolute atomic E-state index is 0.0414. The Balaban J connectivity index is 2.35. The van der Waals surface area contributed by atoms with Crippen molar-refractivity contribution in [3.8, 4) is 0 Å². The lowest BCUT2D eigenvalue weighted by molar-refractivity contribution is -0.376. The molecule has 0 amide bonds. The standard InChI is InChI=1S/C18H26F6N4O3S/c1-12(2)10-27(32(3,30)31)11-14-6-4-5-7-28(14)15-25-8-13(9-26-15)16(29,17(19,20)21)18(22,23)24/h8-9,12,14,29H,4-7,10-11H2,1-3H3/t14-/m1/s1. The molecule has 184 valence electrons. The van der Waals surface area contributed by atoms with Gasteiger partial charge in [-0.2, -0.15) is 30.6 Å². The molecule has 1 atom stereocenters. The van der Waals surface area contributed by atoms with Gasteiger partial charge in [-0.15, -0.1) is 0 Å². The van der Waals surface area contributed by atoms with Crippen molar-refractivity contribution in [3.05, 3.63) is 18.0 Å². The van der Waals surface area contributed by atoms with Crippen molar-refractivity contribution in [1.29, 1.82) is 0 Å². The van der Waals surface area contributed by atoms with Crippen molar-refractivity contribution in [1.82, 2.24) is 14.3 Å². The summed E-state index contributed by atoms with van der Waals surface area (Å²) in [7, 11) is -3.54. The van der Waals surface area contributed by atoms with Crippen molar-refractivity contribution in [2.75, 3.05) is 30.8 Å². The molecule has 1 aromatic rings. The average Bonchev–Trinajstić information content (AvgIpc) is 2.64. The zero-order valence-corrected chi connectivity index (χ0v) is 18.6. The predicted molar refractivity (Wildman–Crippen MR) is 104 cm³/mol. The molecule has 0 bridgehead atoms. The normalized spacial score (nSPS) is 19.1. The number of hydrogen-bond donors (Lipinski definition) is 1. The maximum absolute atomic E-state index is 13.1. The van der Waals surface area contributed by atoms with E-state index in [9.17, 15) is 39.9 Å². The van der Waals surface area contributed by atoms with Gasteiger partial charge in [-0.25, -0.2) is 18.4 Å². The molecule has 0 unspecified atom stereocenters. The molecule has 0 aliphatic carbocycles. The molecule has 0 spiro atoms. The Morgan fingerprint density at radius 3 is 2.09 bits per heavy atom. The minimum atomic E-state index is -6.03. The molecule has 1 aliphatic rings. The lowest BCUT2D eigenvalue weighted by Crippen LogP contribution is -2.54. The first-order valence-electron chi connectivity index (χ1n) is 9.88. The molecule has 1 fully saturated rings. The zero-order valence-electron chi connectivity index (χ0n) is 17.8. The molecular weight excluding hydrogens is 466 g/mol. The largest absolute Gasteiger partial charge is 0.430 e. The predicted octanol–water partition coefficient (Wildman–Crippen LogP) is 3.07. The summed E-state index contributed by atoms with van der Waals surface area (Å²) in [5.74, 6) is -0.0946. The van der Waals surface area contributed by atoms with Gasteiger partial charge < -0.3 is 10.0 Å². The first-order chi connectivity index (χ1) is 14.5. The lowest BCUT2D eigenvalue weighted by atomic mass is 9.95. The third kappa shape index (κ3) is 5.63. The van der Waals surface area contributed by atoms with Crippen LogP contribution in [0.15, 0.2) is 12.4 Å². The van der Waals surface area contributed by atoms with Crippen LogP contribution < -0.4 is 4.90 Å². The van der Waals surface area contributed by atoms with Gasteiger partial charge in [0.25, 0.3) is 5.60 Å². The fraction of sp³-hybridized carbons (Fsp3) is 0.778. The van der Waals surface area contributed by atoms with Gasteiger partial charge in [-0.05, 0) is 25.2 Å². The summed E-state index contributed by atoms with van der Waals surface area (Å²) < 4.78 is 104. The maximum Gasteiger partial charge on any atom is 0.430 e. The van der Waals surface area contributed by atoms with Crippen LogP contribution in [0.1, 0.15) is 38.7 Å². The van der Waals surface area contributed by atoms with Gasteiger partial charge in [0.1, 0.15) is 0 Å². The van der Waals surface area contributed by atoms with Crippen molar-refractivity contribution in [2.45, 2.75) is 57.1 Å². The highest BCUT2D eigenvalue weighted by Gasteiger charge is 2.71. The number of nitrogens with zero attached hydrogens (tertiary/aromatic N) is 4. The van der Waals surface area contributed by atoms with Gasteiger partial charge in [0.05, 0.1) is 6.26 Å². The third-order valence-electron chi connectivity index (χ3n) is 5.21. The summed E-state index contributed by atoms with van der Waals surface area (Å²) in [6, 6.07) is -0.410. The van der Waals surface area contributed by atoms with Gasteiger partial charge in [-0.3, -0.25) is 0 Å². The number of aromatic nitrogens is 2. The molecule has 0 radical (unpaired) electrons. The van der Waals surface area contributed by atoms with Gasteiger partial charge in [0.2, 0.25) is 16.0 Å². The van der Waals surface area contributed by atoms with E-state index in [-0.39, 0.29) is 25.0 Å². The second-order valence-electron chi connectivity index (χ2n) is 8.29. The van der Waals surface area contributed by atoms with Gasteiger partial charge >= 0.3 is 12.4 Å². The Morgan fingerprint density at radius 1 is 1.12 bits per heavy atom. The lowest BCUT2D eigenvalue weighted by Gasteiger charge is -2.38. The summed E-state index contributed by atoms with van der Waals surface area (Å²) in [5, 5.41) is 9.48. The second kappa shape index (κ2) is 9.29. The van der Waals surface area contributed by atoms with Crippen molar-refractivity contribution in [2.24, 2.45) is 5.92 Å². The third-order valence-corrected chi connectivity index (χ3v) is 6.45. The number of alkyl halides is 6. The Morgan fingerprint density at radius 2 is 1.66 bits per heavy atom. The molecule has 1 aliphatic heterocycles. The van der Waals surface area contributed by atoms with E-state index >= 15 is 0 Å². The number of rotatable bonds is 7. The van der Waals surface area contributed by atoms with Crippen molar-refractivity contribution < 1.29 is 39.9 Å². The quantitative estimate of drug-likeness (QED) is 0.589. The number of aliphatic hydroxyl groups is 1. The summed E-state index contributed by atoms with van der Waals surface area (Å²) in [5.41, 5.74) is -6.66. The SMILES string of the molecule is CC(C)CN(C[C@H]1CCCCN1c1ncc(C(O)(C(F)(F)F)C(F)(F)F)cn1)S(C)(=O)=O. The highest BCUT2D eigenvalue weighted by Crippen LogP contribution is 2.49. The number of piperidine rings is 1. The highest BCUT2D eigenvalue weighted by atomic mass is 32.2. The van der Waals surface area contributed by atoms with Gasteiger partial charge in [0, 0.05) is 43.6 Å². The van der Waals surface area contributed by atoms with E-state index in [2.05, 4.69) is 9.97 Å². The van der Waals surface area contributed by atoms with Crippen LogP contribution in [-0.4, -0.2) is 72.1 Å². The van der Waals surface area contributed by atoms with Gasteiger partial charge in [-0.1, -0.05) is 13.8 Å². The van der Waals surface area contributed by atoms with Crippen LogP contribution in [0.3, 0.4) is 0 Å². The van der Waals surface area contributed by atoms with E-state index in [1.54, 1.807) is 4.90 Å². The molecule has 2 rings (SSSR count). The van der Waals surface area contributed by atoms with Gasteiger partial charge in [0.15, 0.2) is 0 Å². The van der Waals surface area contributed by atoms with Crippen molar-refractivity contribution >= 4 is 16.0 Å². The Kier molecular flexibility index (Phi) is 7.72. The molecule has 1 saturated heterocycles. The summed E-state index contributed by atoms with van der Waals surface area (Å²) in [4.78, 5) is 8.90. The van der Waals surface area contributed by atoms with E-state index in [4.69, 9.17) is 0 Å². The van der Waals surface area contributed by atoms with Crippen LogP contribution in [0.2, 0.25) is 0 Å². The van der Waals surface area contributed by atoms with Crippen molar-refractivity contribution in [3.63, 3.8) is 0 Å².